The van der Waals surface area contributed by atoms with Crippen molar-refractivity contribution in [2.45, 2.75) is 19.6 Å². The predicted octanol–water partition coefficient (Wildman–Crippen LogP) is 2.24. The van der Waals surface area contributed by atoms with E-state index < -0.39 is 0 Å². The third-order valence-corrected chi connectivity index (χ3v) is 4.17. The van der Waals surface area contributed by atoms with Gasteiger partial charge in [-0.2, -0.15) is 5.26 Å². The van der Waals surface area contributed by atoms with Crippen molar-refractivity contribution in [3.63, 3.8) is 0 Å². The Bertz CT molecular complexity index is 757. The molecule has 24 heavy (non-hydrogen) atoms. The van der Waals surface area contributed by atoms with E-state index in [1.807, 2.05) is 37.4 Å². The highest BCUT2D eigenvalue weighted by Gasteiger charge is 2.23. The number of rotatable bonds is 4. The monoisotopic (exact) mass is 324 g/mol. The number of nitriles is 1. The molecule has 0 aliphatic carbocycles. The fourth-order valence-corrected chi connectivity index (χ4v) is 2.82. The van der Waals surface area contributed by atoms with Gasteiger partial charge in [0.1, 0.15) is 0 Å². The molecule has 1 atom stereocenters. The van der Waals surface area contributed by atoms with Crippen molar-refractivity contribution in [2.75, 3.05) is 26.8 Å². The Kier molecular flexibility index (Phi) is 5.04. The summed E-state index contributed by atoms with van der Waals surface area (Å²) in [6.07, 6.45) is 1.80. The number of aromatic nitrogens is 2. The lowest BCUT2D eigenvalue weighted by Gasteiger charge is -2.33. The minimum absolute atomic E-state index is 0.0217. The number of ether oxygens (including phenoxy) is 2. The van der Waals surface area contributed by atoms with Crippen LogP contribution >= 0.6 is 0 Å². The molecule has 6 nitrogen and oxygen atoms in total. The fraction of sp³-hybridized carbons (Fsp3) is 0.389. The Morgan fingerprint density at radius 2 is 2.33 bits per heavy atom. The summed E-state index contributed by atoms with van der Waals surface area (Å²) in [4.78, 5) is 10.9. The highest BCUT2D eigenvalue weighted by atomic mass is 16.5. The molecule has 1 fully saturated rings. The third-order valence-electron chi connectivity index (χ3n) is 4.17. The summed E-state index contributed by atoms with van der Waals surface area (Å²) in [6, 6.07) is 10.2. The van der Waals surface area contributed by atoms with Crippen LogP contribution in [-0.2, 0) is 11.3 Å². The maximum absolute atomic E-state index is 9.06. The summed E-state index contributed by atoms with van der Waals surface area (Å²) in [5, 5.41) is 9.06. The predicted molar refractivity (Wildman–Crippen MR) is 88.4 cm³/mol. The molecule has 1 saturated heterocycles. The zero-order valence-corrected chi connectivity index (χ0v) is 13.9. The Morgan fingerprint density at radius 3 is 3.08 bits per heavy atom. The molecule has 1 aromatic heterocycles. The van der Waals surface area contributed by atoms with E-state index >= 15 is 0 Å². The minimum atomic E-state index is -0.0217. The lowest BCUT2D eigenvalue weighted by Crippen LogP contribution is -2.38. The maximum Gasteiger partial charge on any atom is 0.316 e. The molecular formula is C18H20N4O2. The van der Waals surface area contributed by atoms with Gasteiger partial charge in [0.2, 0.25) is 0 Å². The van der Waals surface area contributed by atoms with Crippen molar-refractivity contribution in [1.82, 2.24) is 14.9 Å². The van der Waals surface area contributed by atoms with Gasteiger partial charge >= 0.3 is 6.01 Å². The van der Waals surface area contributed by atoms with Crippen LogP contribution in [0.15, 0.2) is 30.5 Å². The van der Waals surface area contributed by atoms with Gasteiger partial charge in [-0.3, -0.25) is 4.90 Å². The average Bonchev–Trinajstić information content (AvgIpc) is 2.63. The number of hydrogen-bond acceptors (Lipinski definition) is 6. The largest absolute Gasteiger partial charge is 0.467 e. The van der Waals surface area contributed by atoms with Crippen LogP contribution < -0.4 is 4.74 Å². The number of morpholine rings is 1. The highest BCUT2D eigenvalue weighted by molar-refractivity contribution is 5.34. The van der Waals surface area contributed by atoms with Gasteiger partial charge in [0.25, 0.3) is 0 Å². The summed E-state index contributed by atoms with van der Waals surface area (Å²) in [5.74, 6) is 0. The highest BCUT2D eigenvalue weighted by Crippen LogP contribution is 2.24. The molecule has 2 heterocycles. The van der Waals surface area contributed by atoms with Crippen LogP contribution in [0.2, 0.25) is 0 Å². The van der Waals surface area contributed by atoms with Crippen LogP contribution in [-0.4, -0.2) is 41.7 Å². The van der Waals surface area contributed by atoms with Crippen molar-refractivity contribution in [3.8, 4) is 12.1 Å². The Balaban J connectivity index is 1.70. The van der Waals surface area contributed by atoms with E-state index in [0.717, 1.165) is 36.5 Å². The molecule has 1 aliphatic heterocycles. The maximum atomic E-state index is 9.06. The molecule has 0 bridgehead atoms. The molecule has 0 amide bonds. The molecular weight excluding hydrogens is 304 g/mol. The van der Waals surface area contributed by atoms with Gasteiger partial charge in [0, 0.05) is 37.1 Å². The third kappa shape index (κ3) is 3.70. The van der Waals surface area contributed by atoms with Crippen LogP contribution in [0.25, 0.3) is 0 Å². The summed E-state index contributed by atoms with van der Waals surface area (Å²) in [7, 11) is 1.57. The van der Waals surface area contributed by atoms with Crippen molar-refractivity contribution in [2.24, 2.45) is 0 Å². The van der Waals surface area contributed by atoms with Crippen LogP contribution in [0.1, 0.15) is 28.5 Å². The quantitative estimate of drug-likeness (QED) is 0.859. The fourth-order valence-electron chi connectivity index (χ4n) is 2.82. The standard InChI is InChI=1S/C18H20N4O2/c1-13-16(10-20-18(21-13)23-2)11-22-6-7-24-17(12-22)15-5-3-4-14(8-15)9-19/h3-5,8,10,17H,6-7,11-12H2,1-2H3. The number of nitrogens with zero attached hydrogens (tertiary/aromatic N) is 4. The second kappa shape index (κ2) is 7.39. The zero-order chi connectivity index (χ0) is 16.9. The van der Waals surface area contributed by atoms with E-state index in [9.17, 15) is 0 Å². The lowest BCUT2D eigenvalue weighted by molar-refractivity contribution is -0.0330. The summed E-state index contributed by atoms with van der Waals surface area (Å²) in [6.45, 7) is 5.04. The first-order chi connectivity index (χ1) is 11.7. The van der Waals surface area contributed by atoms with E-state index in [1.54, 1.807) is 7.11 Å². The van der Waals surface area contributed by atoms with Gasteiger partial charge in [0.05, 0.1) is 31.5 Å². The Labute approximate surface area is 141 Å². The minimum Gasteiger partial charge on any atom is -0.467 e. The molecule has 2 aromatic rings. The van der Waals surface area contributed by atoms with Gasteiger partial charge < -0.3 is 9.47 Å². The average molecular weight is 324 g/mol. The summed E-state index contributed by atoms with van der Waals surface area (Å²) in [5.41, 5.74) is 3.72. The molecule has 1 unspecified atom stereocenters. The van der Waals surface area contributed by atoms with Crippen molar-refractivity contribution in [3.05, 3.63) is 52.8 Å². The number of methoxy groups -OCH3 is 1. The molecule has 6 heteroatoms. The van der Waals surface area contributed by atoms with Gasteiger partial charge in [0.15, 0.2) is 0 Å². The molecule has 0 spiro atoms. The lowest BCUT2D eigenvalue weighted by atomic mass is 10.0. The first-order valence-electron chi connectivity index (χ1n) is 7.90. The second-order valence-corrected chi connectivity index (χ2v) is 5.80. The van der Waals surface area contributed by atoms with E-state index in [4.69, 9.17) is 14.7 Å². The molecule has 0 radical (unpaired) electrons. The molecule has 0 saturated carbocycles. The van der Waals surface area contributed by atoms with E-state index in [0.29, 0.717) is 18.2 Å². The first-order valence-corrected chi connectivity index (χ1v) is 7.90. The molecule has 124 valence electrons. The summed E-state index contributed by atoms with van der Waals surface area (Å²) < 4.78 is 11.0. The van der Waals surface area contributed by atoms with Crippen molar-refractivity contribution >= 4 is 0 Å². The Hall–Kier alpha value is -2.49. The number of benzene rings is 1. The summed E-state index contributed by atoms with van der Waals surface area (Å²) >= 11 is 0. The van der Waals surface area contributed by atoms with Crippen molar-refractivity contribution < 1.29 is 9.47 Å². The number of hydrogen-bond donors (Lipinski definition) is 0. The van der Waals surface area contributed by atoms with E-state index in [2.05, 4.69) is 20.9 Å². The zero-order valence-electron chi connectivity index (χ0n) is 13.9. The second-order valence-electron chi connectivity index (χ2n) is 5.80. The topological polar surface area (TPSA) is 71.3 Å². The van der Waals surface area contributed by atoms with E-state index in [-0.39, 0.29) is 6.10 Å². The molecule has 3 rings (SSSR count). The molecule has 1 aromatic carbocycles. The van der Waals surface area contributed by atoms with Gasteiger partial charge in [-0.1, -0.05) is 12.1 Å². The van der Waals surface area contributed by atoms with Crippen LogP contribution in [0.5, 0.6) is 6.01 Å². The molecule has 1 aliphatic rings. The van der Waals surface area contributed by atoms with E-state index in [1.165, 1.54) is 0 Å². The smallest absolute Gasteiger partial charge is 0.316 e. The SMILES string of the molecule is COc1ncc(CN2CCOC(c3cccc(C#N)c3)C2)c(C)n1. The van der Waals surface area contributed by atoms with Gasteiger partial charge in [-0.25, -0.2) is 9.97 Å². The van der Waals surface area contributed by atoms with Crippen molar-refractivity contribution in [1.29, 1.82) is 5.26 Å². The van der Waals surface area contributed by atoms with Crippen LogP contribution in [0, 0.1) is 18.3 Å². The van der Waals surface area contributed by atoms with Crippen LogP contribution in [0.4, 0.5) is 0 Å². The molecule has 0 N–H and O–H groups in total. The normalized spacial score (nSPS) is 18.1. The first kappa shape index (κ1) is 16.4. The van der Waals surface area contributed by atoms with Gasteiger partial charge in [-0.05, 0) is 24.6 Å². The Morgan fingerprint density at radius 1 is 1.46 bits per heavy atom. The number of aryl methyl sites for hydroxylation is 1. The van der Waals surface area contributed by atoms with Gasteiger partial charge in [-0.15, -0.1) is 0 Å². The van der Waals surface area contributed by atoms with Crippen LogP contribution in [0.3, 0.4) is 0 Å².